The van der Waals surface area contributed by atoms with E-state index >= 15 is 0 Å². The highest BCUT2D eigenvalue weighted by Crippen LogP contribution is 2.45. The van der Waals surface area contributed by atoms with Crippen LogP contribution in [0.15, 0.2) is 0 Å². The third kappa shape index (κ3) is 1.02. The first-order valence-corrected chi connectivity index (χ1v) is 4.93. The summed E-state index contributed by atoms with van der Waals surface area (Å²) in [7, 11) is 0. The molecule has 0 unspecified atom stereocenters. The Morgan fingerprint density at radius 3 is 2.83 bits per heavy atom. The summed E-state index contributed by atoms with van der Waals surface area (Å²) < 4.78 is 5.70. The lowest BCUT2D eigenvalue weighted by molar-refractivity contribution is -0.114. The molecule has 70 valence electrons. The molecule has 0 amide bonds. The predicted octanol–water partition coefficient (Wildman–Crippen LogP) is 1.54. The van der Waals surface area contributed by atoms with Crippen molar-refractivity contribution < 1.29 is 9.84 Å². The van der Waals surface area contributed by atoms with Crippen LogP contribution in [0.3, 0.4) is 0 Å². The van der Waals surface area contributed by atoms with Crippen LogP contribution in [0, 0.1) is 5.92 Å². The molecule has 0 aromatic rings. The molecule has 0 saturated carbocycles. The highest BCUT2D eigenvalue weighted by atomic mass is 35.5. The summed E-state index contributed by atoms with van der Waals surface area (Å²) in [4.78, 5) is -0.577. The third-order valence-corrected chi connectivity index (χ3v) is 3.81. The van der Waals surface area contributed by atoms with E-state index in [2.05, 4.69) is 0 Å². The number of hydrogen-bond donors (Lipinski definition) is 1. The Kier molecular flexibility index (Phi) is 1.90. The van der Waals surface area contributed by atoms with Crippen molar-refractivity contribution in [3.8, 4) is 0 Å². The van der Waals surface area contributed by atoms with E-state index in [-0.39, 0.29) is 18.1 Å². The van der Waals surface area contributed by atoms with E-state index in [4.69, 9.17) is 16.3 Å². The zero-order valence-electron chi connectivity index (χ0n) is 7.46. The third-order valence-electron chi connectivity index (χ3n) is 3.34. The molecule has 0 radical (unpaired) electrons. The molecule has 2 aliphatic rings. The van der Waals surface area contributed by atoms with Gasteiger partial charge in [-0.25, -0.2) is 0 Å². The van der Waals surface area contributed by atoms with E-state index in [0.717, 1.165) is 12.8 Å². The Bertz CT molecular complexity index is 193. The minimum absolute atomic E-state index is 0.0513. The molecule has 2 bridgehead atoms. The normalized spacial score (nSPS) is 59.0. The van der Waals surface area contributed by atoms with Crippen LogP contribution in [0.25, 0.3) is 0 Å². The van der Waals surface area contributed by atoms with Crippen LogP contribution in [0.4, 0.5) is 0 Å². The van der Waals surface area contributed by atoms with Crippen LogP contribution in [0.5, 0.6) is 0 Å². The fraction of sp³-hybridized carbons (Fsp3) is 1.00. The number of aliphatic hydroxyl groups excluding tert-OH is 1. The molecule has 0 aliphatic carbocycles. The molecule has 2 saturated heterocycles. The summed E-state index contributed by atoms with van der Waals surface area (Å²) in [6.07, 6.45) is 1.90. The van der Waals surface area contributed by atoms with Crippen molar-refractivity contribution >= 4 is 11.6 Å². The summed E-state index contributed by atoms with van der Waals surface area (Å²) in [6, 6.07) is 0. The first-order valence-electron chi connectivity index (χ1n) is 4.56. The molecular weight excluding hydrogens is 176 g/mol. The van der Waals surface area contributed by atoms with Crippen LogP contribution in [-0.2, 0) is 4.74 Å². The lowest BCUT2D eigenvalue weighted by Crippen LogP contribution is -2.54. The lowest BCUT2D eigenvalue weighted by atomic mass is 9.86. The molecule has 0 aromatic carbocycles. The molecule has 2 nitrogen and oxygen atoms in total. The molecule has 2 heterocycles. The Labute approximate surface area is 77.9 Å². The van der Waals surface area contributed by atoms with Gasteiger partial charge < -0.3 is 9.84 Å². The van der Waals surface area contributed by atoms with Gasteiger partial charge in [-0.2, -0.15) is 0 Å². The average Bonchev–Trinajstić information content (AvgIpc) is 2.46. The molecule has 3 heteroatoms. The molecule has 2 fully saturated rings. The fourth-order valence-corrected chi connectivity index (χ4v) is 2.73. The van der Waals surface area contributed by atoms with E-state index in [0.29, 0.717) is 0 Å². The van der Waals surface area contributed by atoms with Crippen molar-refractivity contribution in [1.29, 1.82) is 0 Å². The van der Waals surface area contributed by atoms with Crippen molar-refractivity contribution in [3.63, 3.8) is 0 Å². The quantitative estimate of drug-likeness (QED) is 0.588. The number of alkyl halides is 1. The maximum atomic E-state index is 9.87. The Balaban J connectivity index is 2.26. The fourth-order valence-electron chi connectivity index (χ4n) is 2.37. The number of halogens is 1. The summed E-state index contributed by atoms with van der Waals surface area (Å²) in [5.41, 5.74) is 0. The molecular formula is C9H15ClO2. The van der Waals surface area contributed by atoms with E-state index in [1.54, 1.807) is 0 Å². The second-order valence-corrected chi connectivity index (χ2v) is 5.01. The Morgan fingerprint density at radius 1 is 1.50 bits per heavy atom. The molecule has 1 N–H and O–H groups in total. The van der Waals surface area contributed by atoms with Crippen molar-refractivity contribution in [2.75, 3.05) is 0 Å². The van der Waals surface area contributed by atoms with Gasteiger partial charge in [0.1, 0.15) is 0 Å². The molecule has 0 spiro atoms. The molecule has 12 heavy (non-hydrogen) atoms. The van der Waals surface area contributed by atoms with Crippen LogP contribution in [0.1, 0.15) is 26.7 Å². The highest BCUT2D eigenvalue weighted by Gasteiger charge is 2.53. The number of hydrogen-bond acceptors (Lipinski definition) is 2. The van der Waals surface area contributed by atoms with E-state index in [1.165, 1.54) is 0 Å². The second kappa shape index (κ2) is 2.60. The standard InChI is InChI=1S/C9H15ClO2/c1-5-6-3-4-7(12-6)9(2,10)8(5)11/h5-8,11H,3-4H2,1-2H3/t5-,6+,7-,8-,9+/m0/s1. The van der Waals surface area contributed by atoms with Gasteiger partial charge in [-0.3, -0.25) is 0 Å². The average molecular weight is 191 g/mol. The van der Waals surface area contributed by atoms with Crippen molar-refractivity contribution in [2.24, 2.45) is 5.92 Å². The molecule has 2 rings (SSSR count). The summed E-state index contributed by atoms with van der Waals surface area (Å²) >= 11 is 6.24. The number of fused-ring (bicyclic) bond motifs is 2. The van der Waals surface area contributed by atoms with Gasteiger partial charge in [0.15, 0.2) is 0 Å². The van der Waals surface area contributed by atoms with Crippen molar-refractivity contribution in [3.05, 3.63) is 0 Å². The van der Waals surface area contributed by atoms with E-state index in [1.807, 2.05) is 13.8 Å². The number of ether oxygens (including phenoxy) is 1. The molecule has 2 aliphatic heterocycles. The van der Waals surface area contributed by atoms with Gasteiger partial charge >= 0.3 is 0 Å². The van der Waals surface area contributed by atoms with Crippen LogP contribution >= 0.6 is 11.6 Å². The SMILES string of the molecule is C[C@H]1[C@H]2CC[C@H](O2)[C@@](C)(Cl)[C@H]1O. The summed E-state index contributed by atoms with van der Waals surface area (Å²) in [5, 5.41) is 9.87. The summed E-state index contributed by atoms with van der Waals surface area (Å²) in [5.74, 6) is 0.172. The lowest BCUT2D eigenvalue weighted by Gasteiger charge is -2.42. The monoisotopic (exact) mass is 190 g/mol. The maximum Gasteiger partial charge on any atom is 0.0940 e. The smallest absolute Gasteiger partial charge is 0.0940 e. The molecule has 0 aromatic heterocycles. The maximum absolute atomic E-state index is 9.87. The highest BCUT2D eigenvalue weighted by molar-refractivity contribution is 6.24. The zero-order valence-corrected chi connectivity index (χ0v) is 8.21. The van der Waals surface area contributed by atoms with Gasteiger partial charge in [0.2, 0.25) is 0 Å². The van der Waals surface area contributed by atoms with Crippen molar-refractivity contribution in [2.45, 2.75) is 49.9 Å². The van der Waals surface area contributed by atoms with Crippen LogP contribution in [0.2, 0.25) is 0 Å². The van der Waals surface area contributed by atoms with Gasteiger partial charge in [0, 0.05) is 5.92 Å². The first kappa shape index (κ1) is 8.79. The van der Waals surface area contributed by atoms with E-state index < -0.39 is 11.0 Å². The number of aliphatic hydroxyl groups is 1. The Hall–Kier alpha value is 0.210. The second-order valence-electron chi connectivity index (χ2n) is 4.20. The first-order chi connectivity index (χ1) is 5.53. The van der Waals surface area contributed by atoms with Crippen LogP contribution < -0.4 is 0 Å². The van der Waals surface area contributed by atoms with Gasteiger partial charge in [-0.05, 0) is 19.8 Å². The molecule has 5 atom stereocenters. The predicted molar refractivity (Wildman–Crippen MR) is 47.3 cm³/mol. The van der Waals surface area contributed by atoms with Gasteiger partial charge in [0.05, 0.1) is 23.2 Å². The summed E-state index contributed by atoms with van der Waals surface area (Å²) in [6.45, 7) is 3.89. The topological polar surface area (TPSA) is 29.5 Å². The minimum atomic E-state index is -0.577. The number of rotatable bonds is 0. The van der Waals surface area contributed by atoms with Crippen molar-refractivity contribution in [1.82, 2.24) is 0 Å². The minimum Gasteiger partial charge on any atom is -0.391 e. The Morgan fingerprint density at radius 2 is 2.17 bits per heavy atom. The zero-order chi connectivity index (χ0) is 8.93. The van der Waals surface area contributed by atoms with Crippen LogP contribution in [-0.4, -0.2) is 28.3 Å². The largest absolute Gasteiger partial charge is 0.391 e. The van der Waals surface area contributed by atoms with Gasteiger partial charge in [0.25, 0.3) is 0 Å². The van der Waals surface area contributed by atoms with Gasteiger partial charge in [-0.15, -0.1) is 11.6 Å². The van der Waals surface area contributed by atoms with E-state index in [9.17, 15) is 5.11 Å². The van der Waals surface area contributed by atoms with Gasteiger partial charge in [-0.1, -0.05) is 6.92 Å².